The summed E-state index contributed by atoms with van der Waals surface area (Å²) in [6, 6.07) is 7.93. The Morgan fingerprint density at radius 1 is 1.09 bits per heavy atom. The first kappa shape index (κ1) is 17.3. The van der Waals surface area contributed by atoms with E-state index in [4.69, 9.17) is 0 Å². The molecule has 1 heterocycles. The van der Waals surface area contributed by atoms with E-state index in [-0.39, 0.29) is 24.9 Å². The van der Waals surface area contributed by atoms with Gasteiger partial charge in [0, 0.05) is 31.5 Å². The van der Waals surface area contributed by atoms with Gasteiger partial charge in [0.05, 0.1) is 13.1 Å². The standard InChI is InChI=1S/C17H26N4O2/c1-13-7-9-21(10-8-13)15-5-3-14(4-6-15)20-17(23)12-19-11-16(22)18-2/h3-6,13,19H,7-12H2,1-2H3,(H,18,22)(H,20,23). The Labute approximate surface area is 137 Å². The molecular formula is C17H26N4O2. The third-order valence-corrected chi connectivity index (χ3v) is 4.15. The molecule has 1 saturated heterocycles. The van der Waals surface area contributed by atoms with Crippen molar-refractivity contribution in [3.63, 3.8) is 0 Å². The van der Waals surface area contributed by atoms with Crippen LogP contribution in [-0.2, 0) is 9.59 Å². The molecule has 0 bridgehead atoms. The maximum absolute atomic E-state index is 11.8. The van der Waals surface area contributed by atoms with Crippen molar-refractivity contribution in [1.29, 1.82) is 0 Å². The van der Waals surface area contributed by atoms with Gasteiger partial charge in [-0.1, -0.05) is 6.92 Å². The van der Waals surface area contributed by atoms with Crippen molar-refractivity contribution < 1.29 is 9.59 Å². The molecule has 1 fully saturated rings. The Kier molecular flexibility index (Phi) is 6.40. The Bertz CT molecular complexity index is 522. The summed E-state index contributed by atoms with van der Waals surface area (Å²) in [5, 5.41) is 8.10. The van der Waals surface area contributed by atoms with E-state index < -0.39 is 0 Å². The average molecular weight is 318 g/mol. The Hall–Kier alpha value is -2.08. The smallest absolute Gasteiger partial charge is 0.238 e. The number of anilines is 2. The molecule has 2 amide bonds. The molecule has 3 N–H and O–H groups in total. The van der Waals surface area contributed by atoms with Crippen LogP contribution in [0, 0.1) is 5.92 Å². The summed E-state index contributed by atoms with van der Waals surface area (Å²) in [4.78, 5) is 25.2. The Morgan fingerprint density at radius 2 is 1.70 bits per heavy atom. The van der Waals surface area contributed by atoms with Gasteiger partial charge in [0.1, 0.15) is 0 Å². The van der Waals surface area contributed by atoms with Crippen molar-refractivity contribution in [2.75, 3.05) is 43.4 Å². The van der Waals surface area contributed by atoms with E-state index in [1.54, 1.807) is 7.05 Å². The molecule has 0 saturated carbocycles. The van der Waals surface area contributed by atoms with Gasteiger partial charge in [-0.3, -0.25) is 14.9 Å². The summed E-state index contributed by atoms with van der Waals surface area (Å²) in [7, 11) is 1.56. The molecular weight excluding hydrogens is 292 g/mol. The van der Waals surface area contributed by atoms with Crippen molar-refractivity contribution in [1.82, 2.24) is 10.6 Å². The number of carbonyl (C=O) groups excluding carboxylic acids is 2. The lowest BCUT2D eigenvalue weighted by Crippen LogP contribution is -2.36. The maximum atomic E-state index is 11.8. The molecule has 6 heteroatoms. The molecule has 6 nitrogen and oxygen atoms in total. The van der Waals surface area contributed by atoms with Crippen LogP contribution in [0.5, 0.6) is 0 Å². The van der Waals surface area contributed by atoms with Gasteiger partial charge >= 0.3 is 0 Å². The number of amides is 2. The predicted octanol–water partition coefficient (Wildman–Crippen LogP) is 1.20. The van der Waals surface area contributed by atoms with Crippen molar-refractivity contribution in [3.05, 3.63) is 24.3 Å². The molecule has 0 aromatic heterocycles. The third kappa shape index (κ3) is 5.56. The van der Waals surface area contributed by atoms with Crippen LogP contribution in [0.2, 0.25) is 0 Å². The summed E-state index contributed by atoms with van der Waals surface area (Å²) < 4.78 is 0. The molecule has 0 spiro atoms. The number of piperidine rings is 1. The topological polar surface area (TPSA) is 73.5 Å². The fourth-order valence-corrected chi connectivity index (χ4v) is 2.61. The number of nitrogens with one attached hydrogen (secondary N) is 3. The van der Waals surface area contributed by atoms with Gasteiger partial charge in [-0.05, 0) is 43.0 Å². The predicted molar refractivity (Wildman–Crippen MR) is 92.6 cm³/mol. The van der Waals surface area contributed by atoms with Gasteiger partial charge in [0.2, 0.25) is 11.8 Å². The number of benzene rings is 1. The van der Waals surface area contributed by atoms with Gasteiger partial charge < -0.3 is 15.5 Å². The summed E-state index contributed by atoms with van der Waals surface area (Å²) in [6.07, 6.45) is 2.46. The third-order valence-electron chi connectivity index (χ3n) is 4.15. The molecule has 0 aliphatic carbocycles. The number of nitrogens with zero attached hydrogens (tertiary/aromatic N) is 1. The van der Waals surface area contributed by atoms with Crippen molar-refractivity contribution in [2.24, 2.45) is 5.92 Å². The molecule has 2 rings (SSSR count). The first-order chi connectivity index (χ1) is 11.1. The summed E-state index contributed by atoms with van der Waals surface area (Å²) in [5.74, 6) is 0.513. The second kappa shape index (κ2) is 8.53. The number of carbonyl (C=O) groups is 2. The number of hydrogen-bond acceptors (Lipinski definition) is 4. The van der Waals surface area contributed by atoms with Crippen molar-refractivity contribution in [2.45, 2.75) is 19.8 Å². The van der Waals surface area contributed by atoms with Crippen LogP contribution in [-0.4, -0.2) is 45.0 Å². The highest BCUT2D eigenvalue weighted by Gasteiger charge is 2.15. The van der Waals surface area contributed by atoms with Crippen LogP contribution in [0.3, 0.4) is 0 Å². The van der Waals surface area contributed by atoms with Gasteiger partial charge in [0.15, 0.2) is 0 Å². The summed E-state index contributed by atoms with van der Waals surface area (Å²) >= 11 is 0. The average Bonchev–Trinajstić information content (AvgIpc) is 2.56. The number of rotatable bonds is 6. The zero-order chi connectivity index (χ0) is 16.7. The number of likely N-dealkylation sites (N-methyl/N-ethyl adjacent to an activating group) is 1. The molecule has 0 unspecified atom stereocenters. The molecule has 0 atom stereocenters. The van der Waals surface area contributed by atoms with E-state index >= 15 is 0 Å². The second-order valence-corrected chi connectivity index (χ2v) is 6.04. The van der Waals surface area contributed by atoms with E-state index in [0.29, 0.717) is 0 Å². The number of hydrogen-bond donors (Lipinski definition) is 3. The molecule has 1 aromatic rings. The van der Waals surface area contributed by atoms with Gasteiger partial charge in [-0.15, -0.1) is 0 Å². The monoisotopic (exact) mass is 318 g/mol. The second-order valence-electron chi connectivity index (χ2n) is 6.04. The SMILES string of the molecule is CNC(=O)CNCC(=O)Nc1ccc(N2CCC(C)CC2)cc1. The van der Waals surface area contributed by atoms with Crippen LogP contribution in [0.15, 0.2) is 24.3 Å². The van der Waals surface area contributed by atoms with Gasteiger partial charge in [-0.25, -0.2) is 0 Å². The zero-order valence-electron chi connectivity index (χ0n) is 13.9. The molecule has 0 radical (unpaired) electrons. The lowest BCUT2D eigenvalue weighted by molar-refractivity contribution is -0.119. The van der Waals surface area contributed by atoms with Crippen LogP contribution in [0.25, 0.3) is 0 Å². The van der Waals surface area contributed by atoms with Crippen molar-refractivity contribution >= 4 is 23.2 Å². The van der Waals surface area contributed by atoms with E-state index in [9.17, 15) is 9.59 Å². The lowest BCUT2D eigenvalue weighted by atomic mass is 9.99. The lowest BCUT2D eigenvalue weighted by Gasteiger charge is -2.32. The van der Waals surface area contributed by atoms with E-state index in [1.807, 2.05) is 24.3 Å². The largest absolute Gasteiger partial charge is 0.372 e. The minimum atomic E-state index is -0.159. The zero-order valence-corrected chi connectivity index (χ0v) is 13.9. The van der Waals surface area contributed by atoms with Gasteiger partial charge in [-0.2, -0.15) is 0 Å². The summed E-state index contributed by atoms with van der Waals surface area (Å²) in [6.45, 7) is 4.73. The normalized spacial score (nSPS) is 15.3. The van der Waals surface area contributed by atoms with E-state index in [2.05, 4.69) is 27.8 Å². The van der Waals surface area contributed by atoms with Gasteiger partial charge in [0.25, 0.3) is 0 Å². The van der Waals surface area contributed by atoms with Crippen LogP contribution >= 0.6 is 0 Å². The maximum Gasteiger partial charge on any atom is 0.238 e. The molecule has 23 heavy (non-hydrogen) atoms. The molecule has 1 aliphatic rings. The first-order valence-corrected chi connectivity index (χ1v) is 8.14. The van der Waals surface area contributed by atoms with Crippen LogP contribution < -0.4 is 20.9 Å². The molecule has 1 aromatic carbocycles. The molecule has 126 valence electrons. The van der Waals surface area contributed by atoms with Crippen molar-refractivity contribution in [3.8, 4) is 0 Å². The fourth-order valence-electron chi connectivity index (χ4n) is 2.61. The highest BCUT2D eigenvalue weighted by molar-refractivity contribution is 5.92. The van der Waals surface area contributed by atoms with E-state index in [0.717, 1.165) is 24.7 Å². The first-order valence-electron chi connectivity index (χ1n) is 8.14. The minimum absolute atomic E-state index is 0.110. The fraction of sp³-hybridized carbons (Fsp3) is 0.529. The van der Waals surface area contributed by atoms with Crippen LogP contribution in [0.4, 0.5) is 11.4 Å². The Morgan fingerprint density at radius 3 is 2.30 bits per heavy atom. The molecule has 1 aliphatic heterocycles. The quantitative estimate of drug-likeness (QED) is 0.737. The minimum Gasteiger partial charge on any atom is -0.372 e. The summed E-state index contributed by atoms with van der Waals surface area (Å²) in [5.41, 5.74) is 1.97. The highest BCUT2D eigenvalue weighted by Crippen LogP contribution is 2.24. The van der Waals surface area contributed by atoms with Crippen LogP contribution in [0.1, 0.15) is 19.8 Å². The Balaban J connectivity index is 1.78. The van der Waals surface area contributed by atoms with E-state index in [1.165, 1.54) is 18.5 Å². The highest BCUT2D eigenvalue weighted by atomic mass is 16.2.